The van der Waals surface area contributed by atoms with Crippen molar-refractivity contribution in [3.05, 3.63) is 59.1 Å². The van der Waals surface area contributed by atoms with Crippen molar-refractivity contribution in [3.63, 3.8) is 0 Å². The van der Waals surface area contributed by atoms with E-state index in [0.717, 1.165) is 0 Å². The SMILES string of the molecule is O=C(Nc1ccc(OC(F)F)cc1)c1ccc(Cl)cc1. The second-order valence-electron chi connectivity index (χ2n) is 3.86. The molecule has 1 amide bonds. The van der Waals surface area contributed by atoms with Crippen LogP contribution in [0.2, 0.25) is 5.02 Å². The summed E-state index contributed by atoms with van der Waals surface area (Å²) in [5, 5.41) is 3.17. The van der Waals surface area contributed by atoms with Gasteiger partial charge in [-0.3, -0.25) is 4.79 Å². The van der Waals surface area contributed by atoms with Gasteiger partial charge in [0.2, 0.25) is 0 Å². The summed E-state index contributed by atoms with van der Waals surface area (Å²) in [6.45, 7) is -2.87. The maximum Gasteiger partial charge on any atom is 0.387 e. The lowest BCUT2D eigenvalue weighted by molar-refractivity contribution is -0.0498. The summed E-state index contributed by atoms with van der Waals surface area (Å²) >= 11 is 5.73. The van der Waals surface area contributed by atoms with Gasteiger partial charge in [0, 0.05) is 16.3 Å². The van der Waals surface area contributed by atoms with Crippen LogP contribution in [-0.2, 0) is 0 Å². The van der Waals surface area contributed by atoms with Gasteiger partial charge in [0.15, 0.2) is 0 Å². The molecule has 2 aromatic carbocycles. The summed E-state index contributed by atoms with van der Waals surface area (Å²) in [6, 6.07) is 12.0. The van der Waals surface area contributed by atoms with Crippen LogP contribution in [-0.4, -0.2) is 12.5 Å². The first kappa shape index (κ1) is 14.3. The van der Waals surface area contributed by atoms with Crippen molar-refractivity contribution in [2.24, 2.45) is 0 Å². The fraction of sp³-hybridized carbons (Fsp3) is 0.0714. The molecule has 0 spiro atoms. The van der Waals surface area contributed by atoms with Crippen LogP contribution in [0, 0.1) is 0 Å². The Bertz CT molecular complexity index is 585. The quantitative estimate of drug-likeness (QED) is 0.919. The molecule has 0 fully saturated rings. The zero-order chi connectivity index (χ0) is 14.5. The number of carbonyl (C=O) groups is 1. The van der Waals surface area contributed by atoms with Crippen molar-refractivity contribution in [2.45, 2.75) is 6.61 Å². The number of nitrogens with one attached hydrogen (secondary N) is 1. The second-order valence-corrected chi connectivity index (χ2v) is 4.30. The van der Waals surface area contributed by atoms with Gasteiger partial charge in [-0.15, -0.1) is 0 Å². The van der Waals surface area contributed by atoms with Crippen molar-refractivity contribution in [3.8, 4) is 5.75 Å². The molecule has 0 aromatic heterocycles. The van der Waals surface area contributed by atoms with E-state index in [1.54, 1.807) is 24.3 Å². The Labute approximate surface area is 119 Å². The molecule has 0 saturated heterocycles. The van der Waals surface area contributed by atoms with Crippen LogP contribution in [0.1, 0.15) is 10.4 Å². The Kier molecular flexibility index (Phi) is 4.53. The van der Waals surface area contributed by atoms with E-state index < -0.39 is 6.61 Å². The van der Waals surface area contributed by atoms with Crippen LogP contribution in [0.4, 0.5) is 14.5 Å². The lowest BCUT2D eigenvalue weighted by Gasteiger charge is -2.07. The molecule has 0 aliphatic carbocycles. The van der Waals surface area contributed by atoms with E-state index in [4.69, 9.17) is 11.6 Å². The molecule has 0 atom stereocenters. The highest BCUT2D eigenvalue weighted by atomic mass is 35.5. The summed E-state index contributed by atoms with van der Waals surface area (Å²) in [7, 11) is 0. The average Bonchev–Trinajstić information content (AvgIpc) is 2.41. The van der Waals surface area contributed by atoms with E-state index in [2.05, 4.69) is 10.1 Å². The van der Waals surface area contributed by atoms with Crippen LogP contribution in [0.25, 0.3) is 0 Å². The highest BCUT2D eigenvalue weighted by Crippen LogP contribution is 2.18. The van der Waals surface area contributed by atoms with Crippen LogP contribution in [0.15, 0.2) is 48.5 Å². The summed E-state index contributed by atoms with van der Waals surface area (Å²) in [5.74, 6) is -0.284. The molecular formula is C14H10ClF2NO2. The molecule has 0 radical (unpaired) electrons. The number of hydrogen-bond acceptors (Lipinski definition) is 2. The van der Waals surface area contributed by atoms with E-state index in [9.17, 15) is 13.6 Å². The first-order chi connectivity index (χ1) is 9.54. The van der Waals surface area contributed by atoms with Crippen molar-refractivity contribution in [2.75, 3.05) is 5.32 Å². The van der Waals surface area contributed by atoms with Gasteiger partial charge in [0.05, 0.1) is 0 Å². The van der Waals surface area contributed by atoms with Gasteiger partial charge < -0.3 is 10.1 Å². The van der Waals surface area contributed by atoms with Crippen LogP contribution in [0.5, 0.6) is 5.75 Å². The molecule has 6 heteroatoms. The normalized spacial score (nSPS) is 10.4. The van der Waals surface area contributed by atoms with Crippen LogP contribution >= 0.6 is 11.6 Å². The number of ether oxygens (including phenoxy) is 1. The van der Waals surface area contributed by atoms with Gasteiger partial charge in [-0.2, -0.15) is 8.78 Å². The molecular weight excluding hydrogens is 288 g/mol. The molecule has 104 valence electrons. The minimum Gasteiger partial charge on any atom is -0.435 e. The third-order valence-electron chi connectivity index (χ3n) is 2.44. The number of halogens is 3. The maximum atomic E-state index is 12.0. The number of carbonyl (C=O) groups excluding carboxylic acids is 1. The van der Waals surface area contributed by atoms with E-state index >= 15 is 0 Å². The van der Waals surface area contributed by atoms with Crippen molar-refractivity contribution >= 4 is 23.2 Å². The van der Waals surface area contributed by atoms with E-state index in [1.165, 1.54) is 24.3 Å². The minimum absolute atomic E-state index is 0.0319. The van der Waals surface area contributed by atoms with E-state index in [-0.39, 0.29) is 11.7 Å². The Morgan fingerprint density at radius 1 is 1.05 bits per heavy atom. The van der Waals surface area contributed by atoms with Gasteiger partial charge in [0.1, 0.15) is 5.75 Å². The van der Waals surface area contributed by atoms with Gasteiger partial charge in [-0.25, -0.2) is 0 Å². The Morgan fingerprint density at radius 3 is 2.20 bits per heavy atom. The number of anilines is 1. The topological polar surface area (TPSA) is 38.3 Å². The predicted molar refractivity (Wildman–Crippen MR) is 72.5 cm³/mol. The highest BCUT2D eigenvalue weighted by molar-refractivity contribution is 6.30. The lowest BCUT2D eigenvalue weighted by atomic mass is 10.2. The molecule has 2 aromatic rings. The molecule has 0 aliphatic heterocycles. The Balaban J connectivity index is 2.02. The molecule has 0 heterocycles. The Morgan fingerprint density at radius 2 is 1.65 bits per heavy atom. The third-order valence-corrected chi connectivity index (χ3v) is 2.70. The minimum atomic E-state index is -2.87. The van der Waals surface area contributed by atoms with Crippen molar-refractivity contribution in [1.82, 2.24) is 0 Å². The number of alkyl halides is 2. The van der Waals surface area contributed by atoms with Gasteiger partial charge >= 0.3 is 6.61 Å². The van der Waals surface area contributed by atoms with Gasteiger partial charge in [-0.1, -0.05) is 11.6 Å². The number of hydrogen-bond donors (Lipinski definition) is 1. The molecule has 0 unspecified atom stereocenters. The molecule has 3 nitrogen and oxygen atoms in total. The van der Waals surface area contributed by atoms with Crippen LogP contribution < -0.4 is 10.1 Å². The lowest BCUT2D eigenvalue weighted by Crippen LogP contribution is -2.11. The Hall–Kier alpha value is -2.14. The fourth-order valence-corrected chi connectivity index (χ4v) is 1.65. The first-order valence-electron chi connectivity index (χ1n) is 5.66. The molecule has 20 heavy (non-hydrogen) atoms. The molecule has 0 aliphatic rings. The summed E-state index contributed by atoms with van der Waals surface area (Å²) < 4.78 is 28.2. The predicted octanol–water partition coefficient (Wildman–Crippen LogP) is 4.19. The monoisotopic (exact) mass is 297 g/mol. The zero-order valence-corrected chi connectivity index (χ0v) is 10.9. The molecule has 1 N–H and O–H groups in total. The smallest absolute Gasteiger partial charge is 0.387 e. The van der Waals surface area contributed by atoms with Crippen molar-refractivity contribution < 1.29 is 18.3 Å². The van der Waals surface area contributed by atoms with E-state index in [1.807, 2.05) is 0 Å². The van der Waals surface area contributed by atoms with E-state index in [0.29, 0.717) is 16.3 Å². The third kappa shape index (κ3) is 3.93. The molecule has 0 saturated carbocycles. The van der Waals surface area contributed by atoms with Crippen LogP contribution in [0.3, 0.4) is 0 Å². The average molecular weight is 298 g/mol. The van der Waals surface area contributed by atoms with Gasteiger partial charge in [0.25, 0.3) is 5.91 Å². The number of benzene rings is 2. The number of amides is 1. The molecule has 2 rings (SSSR count). The second kappa shape index (κ2) is 6.34. The number of rotatable bonds is 4. The fourth-order valence-electron chi connectivity index (χ4n) is 1.52. The zero-order valence-electron chi connectivity index (χ0n) is 10.1. The van der Waals surface area contributed by atoms with Crippen molar-refractivity contribution in [1.29, 1.82) is 0 Å². The standard InChI is InChI=1S/C14H10ClF2NO2/c15-10-3-1-9(2-4-10)13(19)18-11-5-7-12(8-6-11)20-14(16)17/h1-8,14H,(H,18,19). The largest absolute Gasteiger partial charge is 0.435 e. The summed E-state index contributed by atoms with van der Waals surface area (Å²) in [5.41, 5.74) is 0.925. The summed E-state index contributed by atoms with van der Waals surface area (Å²) in [4.78, 5) is 11.9. The van der Waals surface area contributed by atoms with Gasteiger partial charge in [-0.05, 0) is 48.5 Å². The highest BCUT2D eigenvalue weighted by Gasteiger charge is 2.07. The maximum absolute atomic E-state index is 12.0. The summed E-state index contributed by atoms with van der Waals surface area (Å²) in [6.07, 6.45) is 0. The molecule has 0 bridgehead atoms. The first-order valence-corrected chi connectivity index (χ1v) is 6.04.